The highest BCUT2D eigenvalue weighted by Gasteiger charge is 2.11. The second kappa shape index (κ2) is 5.04. The van der Waals surface area contributed by atoms with E-state index in [0.29, 0.717) is 23.4 Å². The largest absolute Gasteiger partial charge is 0.451 e. The molecule has 1 N–H and O–H groups in total. The van der Waals surface area contributed by atoms with Crippen molar-refractivity contribution in [2.24, 2.45) is 5.92 Å². The van der Waals surface area contributed by atoms with Gasteiger partial charge in [-0.3, -0.25) is 9.59 Å². The molecule has 0 aliphatic carbocycles. The Hall–Kier alpha value is -2.10. The number of carbonyl (C=O) groups excluding carboxylic acids is 1. The van der Waals surface area contributed by atoms with Crippen LogP contribution in [0.5, 0.6) is 0 Å². The van der Waals surface area contributed by atoms with Crippen molar-refractivity contribution in [3.05, 3.63) is 46.3 Å². The van der Waals surface area contributed by atoms with Crippen molar-refractivity contribution in [2.75, 3.05) is 6.54 Å². The molecule has 0 spiro atoms. The standard InChI is InChI=1S/C14H15NO3/c1-9(2)8-15-14(17)13-7-11(16)10-5-3-4-6-12(10)18-13/h3-7,9H,8H2,1-2H3,(H,15,17). The predicted octanol–water partition coefficient (Wildman–Crippen LogP) is 2.18. The molecule has 2 aromatic rings. The van der Waals surface area contributed by atoms with Gasteiger partial charge in [-0.15, -0.1) is 0 Å². The van der Waals surface area contributed by atoms with Gasteiger partial charge in [-0.2, -0.15) is 0 Å². The molecular weight excluding hydrogens is 230 g/mol. The van der Waals surface area contributed by atoms with E-state index >= 15 is 0 Å². The summed E-state index contributed by atoms with van der Waals surface area (Å²) in [6, 6.07) is 8.11. The minimum atomic E-state index is -0.355. The molecule has 0 aliphatic rings. The monoisotopic (exact) mass is 245 g/mol. The molecule has 94 valence electrons. The summed E-state index contributed by atoms with van der Waals surface area (Å²) in [4.78, 5) is 23.6. The van der Waals surface area contributed by atoms with Crippen LogP contribution in [0.15, 0.2) is 39.5 Å². The molecule has 18 heavy (non-hydrogen) atoms. The maximum Gasteiger partial charge on any atom is 0.287 e. The van der Waals surface area contributed by atoms with Crippen LogP contribution < -0.4 is 10.7 Å². The van der Waals surface area contributed by atoms with Gasteiger partial charge in [0.1, 0.15) is 5.58 Å². The highest BCUT2D eigenvalue weighted by atomic mass is 16.3. The molecule has 4 nitrogen and oxygen atoms in total. The summed E-state index contributed by atoms with van der Waals surface area (Å²) in [6.07, 6.45) is 0. The van der Waals surface area contributed by atoms with Gasteiger partial charge < -0.3 is 9.73 Å². The number of nitrogens with one attached hydrogen (secondary N) is 1. The topological polar surface area (TPSA) is 59.3 Å². The first-order valence-corrected chi connectivity index (χ1v) is 5.89. The van der Waals surface area contributed by atoms with Crippen LogP contribution in [-0.4, -0.2) is 12.5 Å². The van der Waals surface area contributed by atoms with Crippen LogP contribution in [0.1, 0.15) is 24.4 Å². The smallest absolute Gasteiger partial charge is 0.287 e. The Morgan fingerprint density at radius 1 is 1.33 bits per heavy atom. The van der Waals surface area contributed by atoms with E-state index in [1.54, 1.807) is 24.3 Å². The Bertz CT molecular complexity index is 628. The fourth-order valence-corrected chi connectivity index (χ4v) is 1.60. The fraction of sp³-hybridized carbons (Fsp3) is 0.286. The summed E-state index contributed by atoms with van der Waals surface area (Å²) in [5, 5.41) is 3.20. The van der Waals surface area contributed by atoms with Crippen LogP contribution in [-0.2, 0) is 0 Å². The van der Waals surface area contributed by atoms with E-state index in [-0.39, 0.29) is 17.1 Å². The molecule has 0 aliphatic heterocycles. The number of benzene rings is 1. The average molecular weight is 245 g/mol. The first kappa shape index (κ1) is 12.4. The van der Waals surface area contributed by atoms with Gasteiger partial charge in [0.05, 0.1) is 5.39 Å². The summed E-state index contributed by atoms with van der Waals surface area (Å²) < 4.78 is 5.42. The lowest BCUT2D eigenvalue weighted by Gasteiger charge is -2.07. The number of rotatable bonds is 3. The van der Waals surface area contributed by atoms with Crippen molar-refractivity contribution in [3.8, 4) is 0 Å². The van der Waals surface area contributed by atoms with Gasteiger partial charge in [-0.25, -0.2) is 0 Å². The molecule has 2 rings (SSSR count). The Morgan fingerprint density at radius 2 is 2.06 bits per heavy atom. The molecule has 4 heteroatoms. The summed E-state index contributed by atoms with van der Waals surface area (Å²) in [6.45, 7) is 4.54. The molecule has 0 atom stereocenters. The third-order valence-corrected chi connectivity index (χ3v) is 2.53. The Morgan fingerprint density at radius 3 is 2.78 bits per heavy atom. The van der Waals surface area contributed by atoms with E-state index in [4.69, 9.17) is 4.42 Å². The van der Waals surface area contributed by atoms with Gasteiger partial charge in [0.2, 0.25) is 0 Å². The molecule has 0 bridgehead atoms. The third-order valence-electron chi connectivity index (χ3n) is 2.53. The van der Waals surface area contributed by atoms with Gasteiger partial charge in [0.25, 0.3) is 5.91 Å². The number of para-hydroxylation sites is 1. The Balaban J connectivity index is 2.35. The average Bonchev–Trinajstić information content (AvgIpc) is 2.36. The first-order valence-electron chi connectivity index (χ1n) is 5.89. The Labute approximate surface area is 105 Å². The summed E-state index contributed by atoms with van der Waals surface area (Å²) in [7, 11) is 0. The fourth-order valence-electron chi connectivity index (χ4n) is 1.60. The lowest BCUT2D eigenvalue weighted by atomic mass is 10.2. The van der Waals surface area contributed by atoms with Crippen LogP contribution in [0.25, 0.3) is 11.0 Å². The van der Waals surface area contributed by atoms with E-state index < -0.39 is 0 Å². The molecule has 1 aromatic carbocycles. The molecule has 1 amide bonds. The van der Waals surface area contributed by atoms with Gasteiger partial charge in [0, 0.05) is 12.6 Å². The molecular formula is C14H15NO3. The van der Waals surface area contributed by atoms with Crippen molar-refractivity contribution in [2.45, 2.75) is 13.8 Å². The normalized spacial score (nSPS) is 10.8. The second-order valence-corrected chi connectivity index (χ2v) is 4.57. The molecule has 0 saturated heterocycles. The van der Waals surface area contributed by atoms with Gasteiger partial charge in [-0.1, -0.05) is 26.0 Å². The number of hydrogen-bond donors (Lipinski definition) is 1. The number of hydrogen-bond acceptors (Lipinski definition) is 3. The second-order valence-electron chi connectivity index (χ2n) is 4.57. The maximum atomic E-state index is 11.8. The zero-order chi connectivity index (χ0) is 13.1. The van der Waals surface area contributed by atoms with Gasteiger partial charge >= 0.3 is 0 Å². The highest BCUT2D eigenvalue weighted by Crippen LogP contribution is 2.11. The van der Waals surface area contributed by atoms with Crippen LogP contribution in [0.4, 0.5) is 0 Å². The quantitative estimate of drug-likeness (QED) is 0.901. The zero-order valence-electron chi connectivity index (χ0n) is 10.4. The van der Waals surface area contributed by atoms with E-state index in [9.17, 15) is 9.59 Å². The lowest BCUT2D eigenvalue weighted by Crippen LogP contribution is -2.28. The molecule has 0 saturated carbocycles. The molecule has 0 radical (unpaired) electrons. The van der Waals surface area contributed by atoms with Crippen molar-refractivity contribution in [3.63, 3.8) is 0 Å². The minimum Gasteiger partial charge on any atom is -0.451 e. The Kier molecular flexibility index (Phi) is 3.46. The van der Waals surface area contributed by atoms with E-state index in [1.165, 1.54) is 6.07 Å². The first-order chi connectivity index (χ1) is 8.58. The summed E-state index contributed by atoms with van der Waals surface area (Å²) in [5.41, 5.74) is 0.228. The predicted molar refractivity (Wildman–Crippen MR) is 69.7 cm³/mol. The maximum absolute atomic E-state index is 11.8. The van der Waals surface area contributed by atoms with Crippen LogP contribution in [0.2, 0.25) is 0 Å². The molecule has 1 heterocycles. The van der Waals surface area contributed by atoms with Crippen LogP contribution in [0.3, 0.4) is 0 Å². The summed E-state index contributed by atoms with van der Waals surface area (Å²) >= 11 is 0. The van der Waals surface area contributed by atoms with E-state index in [2.05, 4.69) is 5.32 Å². The highest BCUT2D eigenvalue weighted by molar-refractivity contribution is 5.93. The molecule has 0 fully saturated rings. The number of fused-ring (bicyclic) bond motifs is 1. The number of amides is 1. The van der Waals surface area contributed by atoms with Crippen LogP contribution in [0, 0.1) is 5.92 Å². The zero-order valence-corrected chi connectivity index (χ0v) is 10.4. The molecule has 0 unspecified atom stereocenters. The third kappa shape index (κ3) is 2.59. The summed E-state index contributed by atoms with van der Waals surface area (Å²) in [5.74, 6) is 0.0482. The van der Waals surface area contributed by atoms with Crippen LogP contribution >= 0.6 is 0 Å². The van der Waals surface area contributed by atoms with Gasteiger partial charge in [0.15, 0.2) is 11.2 Å². The number of carbonyl (C=O) groups is 1. The van der Waals surface area contributed by atoms with Crippen molar-refractivity contribution < 1.29 is 9.21 Å². The van der Waals surface area contributed by atoms with E-state index in [1.807, 2.05) is 13.8 Å². The van der Waals surface area contributed by atoms with E-state index in [0.717, 1.165) is 0 Å². The lowest BCUT2D eigenvalue weighted by molar-refractivity contribution is 0.0922. The van der Waals surface area contributed by atoms with Gasteiger partial charge in [-0.05, 0) is 18.1 Å². The van der Waals surface area contributed by atoms with Crippen molar-refractivity contribution in [1.29, 1.82) is 0 Å². The minimum absolute atomic E-state index is 0.0550. The SMILES string of the molecule is CC(C)CNC(=O)c1cc(=O)c2ccccc2o1. The molecule has 1 aromatic heterocycles. The van der Waals surface area contributed by atoms with Crippen molar-refractivity contribution >= 4 is 16.9 Å². The van der Waals surface area contributed by atoms with Crippen molar-refractivity contribution in [1.82, 2.24) is 5.32 Å².